The van der Waals surface area contributed by atoms with Crippen LogP contribution >= 0.6 is 0 Å². The number of amides is 2. The van der Waals surface area contributed by atoms with E-state index in [0.29, 0.717) is 31.7 Å². The number of nitrogens with one attached hydrogen (secondary N) is 2. The number of hydrogen-bond donors (Lipinski definition) is 2. The quantitative estimate of drug-likeness (QED) is 0.364. The fraction of sp³-hybridized carbons (Fsp3) is 0.192. The first kappa shape index (κ1) is 22.1. The van der Waals surface area contributed by atoms with Crippen molar-refractivity contribution in [3.05, 3.63) is 96.6 Å². The summed E-state index contributed by atoms with van der Waals surface area (Å²) in [7, 11) is 0. The molecule has 2 aromatic heterocycles. The van der Waals surface area contributed by atoms with Crippen LogP contribution in [0.3, 0.4) is 0 Å². The van der Waals surface area contributed by atoms with Gasteiger partial charge < -0.3 is 19.8 Å². The summed E-state index contributed by atoms with van der Waals surface area (Å²) in [6.07, 6.45) is 4.14. The van der Waals surface area contributed by atoms with E-state index in [1.165, 1.54) is 6.26 Å². The Labute approximate surface area is 191 Å². The van der Waals surface area contributed by atoms with Gasteiger partial charge >= 0.3 is 0 Å². The molecule has 1 atom stereocenters. The maximum atomic E-state index is 12.9. The van der Waals surface area contributed by atoms with Crippen LogP contribution in [0.2, 0.25) is 0 Å². The maximum Gasteiger partial charge on any atom is 0.287 e. The molecule has 0 saturated heterocycles. The van der Waals surface area contributed by atoms with E-state index in [9.17, 15) is 9.59 Å². The molecule has 0 radical (unpaired) electrons. The van der Waals surface area contributed by atoms with Gasteiger partial charge in [0.1, 0.15) is 17.3 Å². The van der Waals surface area contributed by atoms with Crippen molar-refractivity contribution in [1.29, 1.82) is 0 Å². The molecule has 7 heteroatoms. The smallest absolute Gasteiger partial charge is 0.287 e. The van der Waals surface area contributed by atoms with Crippen molar-refractivity contribution in [3.63, 3.8) is 0 Å². The van der Waals surface area contributed by atoms with Gasteiger partial charge in [-0.25, -0.2) is 0 Å². The van der Waals surface area contributed by atoms with E-state index in [4.69, 9.17) is 9.15 Å². The molecule has 0 spiro atoms. The second-order valence-electron chi connectivity index (χ2n) is 7.52. The van der Waals surface area contributed by atoms with Crippen molar-refractivity contribution >= 4 is 22.7 Å². The van der Waals surface area contributed by atoms with Gasteiger partial charge in [0.15, 0.2) is 5.76 Å². The number of benzene rings is 2. The first-order valence-corrected chi connectivity index (χ1v) is 10.8. The molecule has 2 heterocycles. The standard InChI is InChI=1S/C26H25N3O4/c30-25(28-15-7-17-32-22-12-4-10-20-11-5-14-27-24(20)22)21(18-19-8-2-1-3-9-19)29-26(31)23-13-6-16-33-23/h1-6,8-14,16,21H,7,15,17-18H2,(H,28,30)(H,29,31). The third kappa shape index (κ3) is 5.98. The number of furan rings is 1. The molecule has 0 fully saturated rings. The van der Waals surface area contributed by atoms with Gasteiger partial charge in [0, 0.05) is 24.5 Å². The van der Waals surface area contributed by atoms with Crippen LogP contribution in [0.1, 0.15) is 22.5 Å². The number of ether oxygens (including phenoxy) is 1. The van der Waals surface area contributed by atoms with Gasteiger partial charge in [0.05, 0.1) is 12.9 Å². The van der Waals surface area contributed by atoms with Crippen molar-refractivity contribution in [2.24, 2.45) is 0 Å². The minimum absolute atomic E-state index is 0.165. The lowest BCUT2D eigenvalue weighted by atomic mass is 10.0. The molecule has 0 aliphatic rings. The summed E-state index contributed by atoms with van der Waals surface area (Å²) in [4.78, 5) is 29.7. The minimum Gasteiger partial charge on any atom is -0.491 e. The molecule has 0 bridgehead atoms. The molecule has 7 nitrogen and oxygen atoms in total. The Morgan fingerprint density at radius 1 is 0.970 bits per heavy atom. The predicted octanol–water partition coefficient (Wildman–Crippen LogP) is 3.75. The van der Waals surface area contributed by atoms with E-state index in [0.717, 1.165) is 16.5 Å². The van der Waals surface area contributed by atoms with Crippen molar-refractivity contribution < 1.29 is 18.7 Å². The molecule has 168 valence electrons. The number of pyridine rings is 1. The maximum absolute atomic E-state index is 12.9. The Morgan fingerprint density at radius 3 is 2.64 bits per heavy atom. The van der Waals surface area contributed by atoms with Crippen LogP contribution in [0.5, 0.6) is 5.75 Å². The lowest BCUT2D eigenvalue weighted by molar-refractivity contribution is -0.123. The highest BCUT2D eigenvalue weighted by Crippen LogP contribution is 2.22. The van der Waals surface area contributed by atoms with Crippen LogP contribution in [0.25, 0.3) is 10.9 Å². The number of fused-ring (bicyclic) bond motifs is 1. The predicted molar refractivity (Wildman–Crippen MR) is 125 cm³/mol. The summed E-state index contributed by atoms with van der Waals surface area (Å²) in [6.45, 7) is 0.844. The monoisotopic (exact) mass is 443 g/mol. The van der Waals surface area contributed by atoms with E-state index in [-0.39, 0.29) is 11.7 Å². The van der Waals surface area contributed by atoms with Crippen LogP contribution in [-0.2, 0) is 11.2 Å². The van der Waals surface area contributed by atoms with Gasteiger partial charge in [-0.2, -0.15) is 0 Å². The van der Waals surface area contributed by atoms with Crippen molar-refractivity contribution in [2.45, 2.75) is 18.9 Å². The third-order valence-electron chi connectivity index (χ3n) is 5.12. The average molecular weight is 444 g/mol. The fourth-order valence-corrected chi connectivity index (χ4v) is 3.48. The summed E-state index contributed by atoms with van der Waals surface area (Å²) >= 11 is 0. The number of carbonyl (C=O) groups excluding carboxylic acids is 2. The number of aromatic nitrogens is 1. The number of rotatable bonds is 10. The van der Waals surface area contributed by atoms with Gasteiger partial charge in [-0.1, -0.05) is 48.5 Å². The largest absolute Gasteiger partial charge is 0.491 e. The van der Waals surface area contributed by atoms with E-state index in [1.54, 1.807) is 18.3 Å². The summed E-state index contributed by atoms with van der Waals surface area (Å²) in [5.41, 5.74) is 1.76. The SMILES string of the molecule is O=C(NC(Cc1ccccc1)C(=O)NCCCOc1cccc2cccnc12)c1ccco1. The average Bonchev–Trinajstić information content (AvgIpc) is 3.39. The Hall–Kier alpha value is -4.13. The highest BCUT2D eigenvalue weighted by atomic mass is 16.5. The molecule has 2 aromatic carbocycles. The molecule has 1 unspecified atom stereocenters. The molecule has 33 heavy (non-hydrogen) atoms. The topological polar surface area (TPSA) is 93.5 Å². The molecule has 0 aliphatic heterocycles. The van der Waals surface area contributed by atoms with E-state index in [2.05, 4.69) is 15.6 Å². The Balaban J connectivity index is 1.30. The zero-order valence-corrected chi connectivity index (χ0v) is 18.1. The first-order chi connectivity index (χ1) is 16.2. The fourth-order valence-electron chi connectivity index (χ4n) is 3.48. The molecule has 0 aliphatic carbocycles. The van der Waals surface area contributed by atoms with Gasteiger partial charge in [0.2, 0.25) is 5.91 Å². The molecule has 0 saturated carbocycles. The van der Waals surface area contributed by atoms with Crippen LogP contribution in [-0.4, -0.2) is 36.0 Å². The molecule has 2 N–H and O–H groups in total. The number of hydrogen-bond acceptors (Lipinski definition) is 5. The lowest BCUT2D eigenvalue weighted by Gasteiger charge is -2.18. The van der Waals surface area contributed by atoms with Crippen LogP contribution in [0.15, 0.2) is 89.7 Å². The normalized spacial score (nSPS) is 11.6. The Morgan fingerprint density at radius 2 is 1.82 bits per heavy atom. The van der Waals surface area contributed by atoms with Crippen molar-refractivity contribution in [2.75, 3.05) is 13.2 Å². The lowest BCUT2D eigenvalue weighted by Crippen LogP contribution is -2.48. The van der Waals surface area contributed by atoms with Crippen LogP contribution in [0.4, 0.5) is 0 Å². The molecular weight excluding hydrogens is 418 g/mol. The zero-order chi connectivity index (χ0) is 22.9. The van der Waals surface area contributed by atoms with Crippen molar-refractivity contribution in [1.82, 2.24) is 15.6 Å². The van der Waals surface area contributed by atoms with E-state index >= 15 is 0 Å². The van der Waals surface area contributed by atoms with E-state index < -0.39 is 11.9 Å². The highest BCUT2D eigenvalue weighted by Gasteiger charge is 2.22. The van der Waals surface area contributed by atoms with Crippen molar-refractivity contribution in [3.8, 4) is 5.75 Å². The first-order valence-electron chi connectivity index (χ1n) is 10.8. The van der Waals surface area contributed by atoms with E-state index in [1.807, 2.05) is 60.7 Å². The number of carbonyl (C=O) groups is 2. The zero-order valence-electron chi connectivity index (χ0n) is 18.1. The number of nitrogens with zero attached hydrogens (tertiary/aromatic N) is 1. The summed E-state index contributed by atoms with van der Waals surface area (Å²) in [5, 5.41) is 6.68. The molecular formula is C26H25N3O4. The van der Waals surface area contributed by atoms with Gasteiger partial charge in [0.25, 0.3) is 5.91 Å². The van der Waals surface area contributed by atoms with Crippen LogP contribution < -0.4 is 15.4 Å². The summed E-state index contributed by atoms with van der Waals surface area (Å²) < 4.78 is 11.0. The number of para-hydroxylation sites is 1. The Kier molecular flexibility index (Phi) is 7.33. The van der Waals surface area contributed by atoms with Gasteiger partial charge in [-0.05, 0) is 36.2 Å². The second kappa shape index (κ2) is 10.9. The summed E-state index contributed by atoms with van der Waals surface area (Å²) in [5.74, 6) is 0.193. The molecule has 2 amide bonds. The van der Waals surface area contributed by atoms with Gasteiger partial charge in [-0.3, -0.25) is 14.6 Å². The summed E-state index contributed by atoms with van der Waals surface area (Å²) in [6, 6.07) is 21.7. The minimum atomic E-state index is -0.729. The Bertz CT molecular complexity index is 1190. The van der Waals surface area contributed by atoms with Gasteiger partial charge in [-0.15, -0.1) is 0 Å². The molecule has 4 rings (SSSR count). The van der Waals surface area contributed by atoms with Crippen LogP contribution in [0, 0.1) is 0 Å². The second-order valence-corrected chi connectivity index (χ2v) is 7.52. The highest BCUT2D eigenvalue weighted by molar-refractivity contribution is 5.95. The molecule has 4 aromatic rings. The third-order valence-corrected chi connectivity index (χ3v) is 5.12.